The lowest BCUT2D eigenvalue weighted by Gasteiger charge is -2.19. The fraction of sp³-hybridized carbons (Fsp3) is 0.241. The van der Waals surface area contributed by atoms with Crippen LogP contribution in [-0.4, -0.2) is 6.61 Å². The topological polar surface area (TPSA) is 18.5 Å². The van der Waals surface area contributed by atoms with Crippen molar-refractivity contribution in [2.24, 2.45) is 5.92 Å². The van der Waals surface area contributed by atoms with E-state index in [0.717, 1.165) is 25.0 Å². The molecule has 3 aromatic rings. The lowest BCUT2D eigenvalue weighted by atomic mass is 9.93. The van der Waals surface area contributed by atoms with Crippen LogP contribution < -0.4 is 4.74 Å². The van der Waals surface area contributed by atoms with Crippen LogP contribution in [0.2, 0.25) is 0 Å². The molecule has 0 N–H and O–H groups in total. The molecule has 4 rings (SSSR count). The zero-order valence-electron chi connectivity index (χ0n) is 19.4. The molecular weight excluding hydrogens is 456 g/mol. The van der Waals surface area contributed by atoms with Gasteiger partial charge in [-0.05, 0) is 55.0 Å². The fourth-order valence-electron chi connectivity index (χ4n) is 4.12. The predicted octanol–water partition coefficient (Wildman–Crippen LogP) is 8.36. The highest BCUT2D eigenvalue weighted by Crippen LogP contribution is 2.33. The van der Waals surface area contributed by atoms with Gasteiger partial charge in [-0.15, -0.1) is 6.58 Å². The van der Waals surface area contributed by atoms with Gasteiger partial charge in [0.25, 0.3) is 0 Å². The summed E-state index contributed by atoms with van der Waals surface area (Å²) in [6, 6.07) is 11.9. The summed E-state index contributed by atoms with van der Waals surface area (Å²) in [7, 11) is 0. The van der Waals surface area contributed by atoms with Gasteiger partial charge in [-0.1, -0.05) is 42.5 Å². The van der Waals surface area contributed by atoms with Crippen LogP contribution in [0.5, 0.6) is 5.75 Å². The SMILES string of the molecule is C=CC1CC=C(OCc2ccc(-c3ccc(-c4ccc(OCC)c(F)c4F)cc3)c(F)c2F)CC1. The molecular formula is C29H26F4O2. The standard InChI is InChI=1S/C29H26F4O2/c1-3-18-5-12-22(13-6-18)35-17-21-11-14-23(27(31)26(21)30)19-7-9-20(10-8-19)24-15-16-25(34-4-2)29(33)28(24)32/h3,7-12,14-16,18H,1,4-6,13,17H2,2H3. The minimum atomic E-state index is -1.07. The summed E-state index contributed by atoms with van der Waals surface area (Å²) in [5, 5.41) is 0. The quantitative estimate of drug-likeness (QED) is 0.237. The van der Waals surface area contributed by atoms with Crippen LogP contribution in [-0.2, 0) is 11.3 Å². The average molecular weight is 483 g/mol. The maximum Gasteiger partial charge on any atom is 0.201 e. The van der Waals surface area contributed by atoms with Gasteiger partial charge in [0.2, 0.25) is 5.82 Å². The fourth-order valence-corrected chi connectivity index (χ4v) is 4.12. The second kappa shape index (κ2) is 10.8. The van der Waals surface area contributed by atoms with E-state index in [-0.39, 0.29) is 35.7 Å². The predicted molar refractivity (Wildman–Crippen MR) is 129 cm³/mol. The van der Waals surface area contributed by atoms with Crippen molar-refractivity contribution < 1.29 is 27.0 Å². The van der Waals surface area contributed by atoms with E-state index >= 15 is 0 Å². The van der Waals surface area contributed by atoms with Crippen LogP contribution in [0.1, 0.15) is 31.7 Å². The van der Waals surface area contributed by atoms with Gasteiger partial charge >= 0.3 is 0 Å². The first-order valence-corrected chi connectivity index (χ1v) is 11.6. The van der Waals surface area contributed by atoms with Gasteiger partial charge < -0.3 is 9.47 Å². The van der Waals surface area contributed by atoms with Gasteiger partial charge in [0.05, 0.1) is 12.4 Å². The van der Waals surface area contributed by atoms with Crippen LogP contribution in [0, 0.1) is 29.2 Å². The van der Waals surface area contributed by atoms with E-state index < -0.39 is 23.3 Å². The van der Waals surface area contributed by atoms with E-state index in [1.165, 1.54) is 36.4 Å². The van der Waals surface area contributed by atoms with Crippen molar-refractivity contribution in [3.05, 3.63) is 102 Å². The Bertz CT molecular complexity index is 1250. The molecule has 35 heavy (non-hydrogen) atoms. The number of halogens is 4. The van der Waals surface area contributed by atoms with Gasteiger partial charge in [-0.2, -0.15) is 4.39 Å². The Morgan fingerprint density at radius 2 is 1.46 bits per heavy atom. The van der Waals surface area contributed by atoms with Gasteiger partial charge in [0, 0.05) is 23.1 Å². The highest BCUT2D eigenvalue weighted by molar-refractivity contribution is 5.71. The molecule has 0 radical (unpaired) electrons. The van der Waals surface area contributed by atoms with Crippen molar-refractivity contribution in [1.82, 2.24) is 0 Å². The third-order valence-corrected chi connectivity index (χ3v) is 6.17. The van der Waals surface area contributed by atoms with Crippen molar-refractivity contribution in [3.8, 4) is 28.0 Å². The maximum absolute atomic E-state index is 14.9. The molecule has 0 bridgehead atoms. The van der Waals surface area contributed by atoms with Crippen molar-refractivity contribution in [2.75, 3.05) is 6.61 Å². The summed E-state index contributed by atoms with van der Waals surface area (Å²) >= 11 is 0. The lowest BCUT2D eigenvalue weighted by Crippen LogP contribution is -2.06. The molecule has 0 spiro atoms. The smallest absolute Gasteiger partial charge is 0.201 e. The van der Waals surface area contributed by atoms with E-state index in [9.17, 15) is 17.6 Å². The molecule has 1 aliphatic carbocycles. The molecule has 0 fully saturated rings. The summed E-state index contributed by atoms with van der Waals surface area (Å²) in [6.07, 6.45) is 6.38. The summed E-state index contributed by atoms with van der Waals surface area (Å²) in [5.41, 5.74) is 1.06. The molecule has 0 amide bonds. The molecule has 182 valence electrons. The molecule has 1 aliphatic rings. The number of hydrogen-bond acceptors (Lipinski definition) is 2. The monoisotopic (exact) mass is 482 g/mol. The van der Waals surface area contributed by atoms with Gasteiger partial charge in [-0.25, -0.2) is 13.2 Å². The van der Waals surface area contributed by atoms with E-state index in [2.05, 4.69) is 6.58 Å². The van der Waals surface area contributed by atoms with E-state index in [1.807, 2.05) is 12.2 Å². The average Bonchev–Trinajstić information content (AvgIpc) is 2.88. The van der Waals surface area contributed by atoms with Crippen molar-refractivity contribution in [2.45, 2.75) is 32.8 Å². The third-order valence-electron chi connectivity index (χ3n) is 6.17. The first-order chi connectivity index (χ1) is 16.9. The van der Waals surface area contributed by atoms with Crippen LogP contribution >= 0.6 is 0 Å². The van der Waals surface area contributed by atoms with Crippen molar-refractivity contribution in [1.29, 1.82) is 0 Å². The van der Waals surface area contributed by atoms with Gasteiger partial charge in [0.1, 0.15) is 6.61 Å². The third kappa shape index (κ3) is 5.26. The molecule has 6 heteroatoms. The molecule has 0 saturated heterocycles. The molecule has 0 aromatic heterocycles. The zero-order valence-corrected chi connectivity index (χ0v) is 19.4. The first kappa shape index (κ1) is 24.6. The van der Waals surface area contributed by atoms with Crippen LogP contribution in [0.3, 0.4) is 0 Å². The number of allylic oxidation sites excluding steroid dienone is 3. The minimum absolute atomic E-state index is 0.0491. The zero-order chi connectivity index (χ0) is 24.9. The van der Waals surface area contributed by atoms with Crippen molar-refractivity contribution in [3.63, 3.8) is 0 Å². The molecule has 3 aromatic carbocycles. The number of rotatable bonds is 8. The van der Waals surface area contributed by atoms with Crippen LogP contribution in [0.15, 0.2) is 73.0 Å². The van der Waals surface area contributed by atoms with Crippen LogP contribution in [0.25, 0.3) is 22.3 Å². The second-order valence-corrected chi connectivity index (χ2v) is 8.38. The summed E-state index contributed by atoms with van der Waals surface area (Å²) < 4.78 is 69.2. The Morgan fingerprint density at radius 1 is 0.829 bits per heavy atom. The number of benzene rings is 3. The first-order valence-electron chi connectivity index (χ1n) is 11.6. The Kier molecular flexibility index (Phi) is 7.59. The second-order valence-electron chi connectivity index (χ2n) is 8.38. The lowest BCUT2D eigenvalue weighted by molar-refractivity contribution is 0.175. The maximum atomic E-state index is 14.9. The molecule has 1 unspecified atom stereocenters. The largest absolute Gasteiger partial charge is 0.493 e. The number of hydrogen-bond donors (Lipinski definition) is 0. The van der Waals surface area contributed by atoms with Gasteiger partial charge in [-0.3, -0.25) is 0 Å². The number of ether oxygens (including phenoxy) is 2. The van der Waals surface area contributed by atoms with Gasteiger partial charge in [0.15, 0.2) is 23.2 Å². The Morgan fingerprint density at radius 3 is 2.03 bits per heavy atom. The van der Waals surface area contributed by atoms with E-state index in [4.69, 9.17) is 9.47 Å². The minimum Gasteiger partial charge on any atom is -0.493 e. The van der Waals surface area contributed by atoms with Crippen LogP contribution in [0.4, 0.5) is 17.6 Å². The highest BCUT2D eigenvalue weighted by Gasteiger charge is 2.19. The van der Waals surface area contributed by atoms with E-state index in [1.54, 1.807) is 19.1 Å². The summed E-state index contributed by atoms with van der Waals surface area (Å²) in [5.74, 6) is -3.00. The highest BCUT2D eigenvalue weighted by atomic mass is 19.2. The molecule has 0 heterocycles. The summed E-state index contributed by atoms with van der Waals surface area (Å²) in [4.78, 5) is 0. The molecule has 0 saturated carbocycles. The molecule has 1 atom stereocenters. The molecule has 2 nitrogen and oxygen atoms in total. The molecule has 0 aliphatic heterocycles. The van der Waals surface area contributed by atoms with Crippen molar-refractivity contribution >= 4 is 0 Å². The summed E-state index contributed by atoms with van der Waals surface area (Å²) in [6.45, 7) is 5.63. The Balaban J connectivity index is 1.51. The van der Waals surface area contributed by atoms with E-state index in [0.29, 0.717) is 17.0 Å². The Labute approximate surface area is 202 Å². The Hall–Kier alpha value is -3.54. The normalized spacial score (nSPS) is 15.5.